The van der Waals surface area contributed by atoms with E-state index in [1.165, 1.54) is 5.56 Å². The Morgan fingerprint density at radius 3 is 2.96 bits per heavy atom. The summed E-state index contributed by atoms with van der Waals surface area (Å²) in [6, 6.07) is 1.88. The Hall–Kier alpha value is -2.28. The molecule has 1 saturated heterocycles. The fraction of sp³-hybridized carbons (Fsp3) is 0.600. The van der Waals surface area contributed by atoms with Crippen molar-refractivity contribution in [2.45, 2.75) is 57.9 Å². The van der Waals surface area contributed by atoms with Crippen molar-refractivity contribution in [3.63, 3.8) is 0 Å². The lowest BCUT2D eigenvalue weighted by Gasteiger charge is -2.32. The second-order valence-electron chi connectivity index (χ2n) is 8.63. The number of hydrogen-bond acceptors (Lipinski definition) is 5. The van der Waals surface area contributed by atoms with E-state index >= 15 is 0 Å². The molecule has 2 N–H and O–H groups in total. The molecular weight excluding hydrogens is 340 g/mol. The third-order valence-electron chi connectivity index (χ3n) is 5.51. The highest BCUT2D eigenvalue weighted by molar-refractivity contribution is 5.92. The molecule has 1 fully saturated rings. The standard InChI is InChI=1S/C20H28N6O/c1-20(2,3)17-9-16(24-25-17)19(27)26-8-4-5-13(12-26)18-22-11-14-10-21-7-6-15(14)23-18/h9,11,13,21H,4-8,10,12H2,1-3H3,(H,24,25). The Bertz CT molecular complexity index is 837. The topological polar surface area (TPSA) is 86.8 Å². The van der Waals surface area contributed by atoms with Gasteiger partial charge in [0.05, 0.1) is 0 Å². The number of nitrogens with one attached hydrogen (secondary N) is 2. The van der Waals surface area contributed by atoms with E-state index in [2.05, 4.69) is 41.3 Å². The van der Waals surface area contributed by atoms with Crippen molar-refractivity contribution in [1.29, 1.82) is 0 Å². The minimum atomic E-state index is -0.0538. The Morgan fingerprint density at radius 1 is 1.33 bits per heavy atom. The van der Waals surface area contributed by atoms with E-state index < -0.39 is 0 Å². The highest BCUT2D eigenvalue weighted by atomic mass is 16.2. The number of hydrogen-bond donors (Lipinski definition) is 2. The Kier molecular flexibility index (Phi) is 4.72. The van der Waals surface area contributed by atoms with E-state index in [9.17, 15) is 4.79 Å². The Morgan fingerprint density at radius 2 is 2.19 bits per heavy atom. The molecule has 2 aliphatic heterocycles. The smallest absolute Gasteiger partial charge is 0.274 e. The summed E-state index contributed by atoms with van der Waals surface area (Å²) >= 11 is 0. The maximum Gasteiger partial charge on any atom is 0.274 e. The summed E-state index contributed by atoms with van der Waals surface area (Å²) in [7, 11) is 0. The highest BCUT2D eigenvalue weighted by Gasteiger charge is 2.29. The van der Waals surface area contributed by atoms with Crippen molar-refractivity contribution < 1.29 is 4.79 Å². The number of piperidine rings is 1. The first kappa shape index (κ1) is 18.1. The number of carbonyl (C=O) groups is 1. The lowest BCUT2D eigenvalue weighted by Crippen LogP contribution is -2.40. The Labute approximate surface area is 160 Å². The number of nitrogens with zero attached hydrogens (tertiary/aromatic N) is 4. The maximum atomic E-state index is 12.9. The zero-order valence-electron chi connectivity index (χ0n) is 16.4. The first-order chi connectivity index (χ1) is 12.9. The number of amides is 1. The van der Waals surface area contributed by atoms with E-state index in [1.807, 2.05) is 17.2 Å². The summed E-state index contributed by atoms with van der Waals surface area (Å²) in [6.45, 7) is 9.56. The largest absolute Gasteiger partial charge is 0.337 e. The van der Waals surface area contributed by atoms with Gasteiger partial charge in [0, 0.05) is 67.1 Å². The summed E-state index contributed by atoms with van der Waals surface area (Å²) in [5, 5.41) is 10.6. The van der Waals surface area contributed by atoms with Crippen LogP contribution in [0.15, 0.2) is 12.3 Å². The monoisotopic (exact) mass is 368 g/mol. The van der Waals surface area contributed by atoms with Crippen LogP contribution in [0.4, 0.5) is 0 Å². The number of aromatic amines is 1. The van der Waals surface area contributed by atoms with Gasteiger partial charge >= 0.3 is 0 Å². The lowest BCUT2D eigenvalue weighted by atomic mass is 9.92. The SMILES string of the molecule is CC(C)(C)c1cc(C(=O)N2CCCC(c3ncc4c(n3)CCNC4)C2)n[nH]1. The molecule has 2 aromatic rings. The number of rotatable bonds is 2. The Balaban J connectivity index is 1.49. The van der Waals surface area contributed by atoms with Crippen LogP contribution >= 0.6 is 0 Å². The van der Waals surface area contributed by atoms with Crippen molar-refractivity contribution in [2.75, 3.05) is 19.6 Å². The second-order valence-corrected chi connectivity index (χ2v) is 8.63. The van der Waals surface area contributed by atoms with Crippen LogP contribution in [0.2, 0.25) is 0 Å². The van der Waals surface area contributed by atoms with Crippen molar-refractivity contribution in [1.82, 2.24) is 30.4 Å². The number of carbonyl (C=O) groups excluding carboxylic acids is 1. The molecule has 4 rings (SSSR count). The van der Waals surface area contributed by atoms with Gasteiger partial charge in [-0.05, 0) is 18.9 Å². The fourth-order valence-corrected chi connectivity index (χ4v) is 3.80. The van der Waals surface area contributed by atoms with Crippen LogP contribution in [0.25, 0.3) is 0 Å². The third-order valence-corrected chi connectivity index (χ3v) is 5.51. The average molecular weight is 368 g/mol. The van der Waals surface area contributed by atoms with Crippen LogP contribution in [0.3, 0.4) is 0 Å². The quantitative estimate of drug-likeness (QED) is 0.848. The highest BCUT2D eigenvalue weighted by Crippen LogP contribution is 2.27. The summed E-state index contributed by atoms with van der Waals surface area (Å²) < 4.78 is 0. The molecule has 2 aromatic heterocycles. The van der Waals surface area contributed by atoms with Crippen LogP contribution in [-0.4, -0.2) is 50.6 Å². The van der Waals surface area contributed by atoms with Crippen LogP contribution in [0, 0.1) is 0 Å². The average Bonchev–Trinajstić information content (AvgIpc) is 3.18. The maximum absolute atomic E-state index is 12.9. The van der Waals surface area contributed by atoms with Gasteiger partial charge in [-0.2, -0.15) is 5.10 Å². The lowest BCUT2D eigenvalue weighted by molar-refractivity contribution is 0.0698. The van der Waals surface area contributed by atoms with Gasteiger partial charge in [0.25, 0.3) is 5.91 Å². The zero-order valence-corrected chi connectivity index (χ0v) is 16.4. The number of likely N-dealkylation sites (tertiary alicyclic amines) is 1. The summed E-state index contributed by atoms with van der Waals surface area (Å²) in [4.78, 5) is 24.3. The van der Waals surface area contributed by atoms with Crippen molar-refractivity contribution in [2.24, 2.45) is 0 Å². The minimum absolute atomic E-state index is 0.00592. The van der Waals surface area contributed by atoms with E-state index in [0.29, 0.717) is 12.2 Å². The van der Waals surface area contributed by atoms with Crippen molar-refractivity contribution in [3.05, 3.63) is 40.7 Å². The van der Waals surface area contributed by atoms with Crippen LogP contribution in [-0.2, 0) is 18.4 Å². The molecule has 0 spiro atoms. The number of fused-ring (bicyclic) bond motifs is 1. The van der Waals surface area contributed by atoms with Gasteiger partial charge < -0.3 is 10.2 Å². The minimum Gasteiger partial charge on any atom is -0.337 e. The molecule has 0 aliphatic carbocycles. The molecule has 144 valence electrons. The molecule has 7 nitrogen and oxygen atoms in total. The summed E-state index contributed by atoms with van der Waals surface area (Å²) in [5.41, 5.74) is 3.77. The van der Waals surface area contributed by atoms with Gasteiger partial charge in [-0.3, -0.25) is 9.89 Å². The summed E-state index contributed by atoms with van der Waals surface area (Å²) in [5.74, 6) is 1.07. The van der Waals surface area contributed by atoms with Gasteiger partial charge in [-0.1, -0.05) is 20.8 Å². The van der Waals surface area contributed by atoms with Gasteiger partial charge in [-0.15, -0.1) is 0 Å². The van der Waals surface area contributed by atoms with Gasteiger partial charge in [0.15, 0.2) is 0 Å². The van der Waals surface area contributed by atoms with E-state index in [1.54, 1.807) is 0 Å². The first-order valence-electron chi connectivity index (χ1n) is 9.82. The van der Waals surface area contributed by atoms with Crippen LogP contribution in [0.1, 0.15) is 72.8 Å². The van der Waals surface area contributed by atoms with Crippen LogP contribution in [0.5, 0.6) is 0 Å². The second kappa shape index (κ2) is 7.03. The predicted octanol–water partition coefficient (Wildman–Crippen LogP) is 2.16. The molecule has 1 amide bonds. The van der Waals surface area contributed by atoms with Gasteiger partial charge in [0.2, 0.25) is 0 Å². The van der Waals surface area contributed by atoms with E-state index in [-0.39, 0.29) is 17.2 Å². The molecule has 2 aliphatic rings. The van der Waals surface area contributed by atoms with E-state index in [4.69, 9.17) is 4.98 Å². The molecule has 27 heavy (non-hydrogen) atoms. The van der Waals surface area contributed by atoms with Gasteiger partial charge in [0.1, 0.15) is 11.5 Å². The van der Waals surface area contributed by atoms with Crippen LogP contribution < -0.4 is 5.32 Å². The van der Waals surface area contributed by atoms with Gasteiger partial charge in [-0.25, -0.2) is 9.97 Å². The molecule has 0 saturated carbocycles. The third kappa shape index (κ3) is 3.74. The van der Waals surface area contributed by atoms with Crippen molar-refractivity contribution >= 4 is 5.91 Å². The number of H-pyrrole nitrogens is 1. The molecular formula is C20H28N6O. The molecule has 4 heterocycles. The molecule has 1 atom stereocenters. The molecule has 7 heteroatoms. The van der Waals surface area contributed by atoms with E-state index in [0.717, 1.165) is 56.1 Å². The number of aromatic nitrogens is 4. The normalized spacial score (nSPS) is 20.4. The molecule has 0 aromatic carbocycles. The molecule has 0 radical (unpaired) electrons. The molecule has 1 unspecified atom stereocenters. The zero-order chi connectivity index (χ0) is 19.0. The fourth-order valence-electron chi connectivity index (χ4n) is 3.80. The molecule has 0 bridgehead atoms. The summed E-state index contributed by atoms with van der Waals surface area (Å²) in [6.07, 6.45) is 4.89. The predicted molar refractivity (Wildman–Crippen MR) is 103 cm³/mol. The first-order valence-corrected chi connectivity index (χ1v) is 9.82. The van der Waals surface area contributed by atoms with Crippen molar-refractivity contribution in [3.8, 4) is 0 Å².